The molecule has 22 heavy (non-hydrogen) atoms. The maximum atomic E-state index is 12.3. The maximum absolute atomic E-state index is 12.3. The van der Waals surface area contributed by atoms with Crippen molar-refractivity contribution in [3.63, 3.8) is 0 Å². The van der Waals surface area contributed by atoms with Gasteiger partial charge in [0.1, 0.15) is 4.32 Å². The number of carbonyl (C=O) groups is 1. The summed E-state index contributed by atoms with van der Waals surface area (Å²) < 4.78 is 5.82. The van der Waals surface area contributed by atoms with Crippen LogP contribution in [0.25, 0.3) is 6.08 Å². The van der Waals surface area contributed by atoms with Crippen molar-refractivity contribution in [1.82, 2.24) is 4.90 Å². The number of carbonyl (C=O) groups excluding carboxylic acids is 1. The molecular weight excluding hydrogens is 322 g/mol. The molecule has 0 spiro atoms. The Hall–Kier alpha value is -1.57. The Bertz CT molecular complexity index is 616. The van der Waals surface area contributed by atoms with Crippen LogP contribution in [-0.2, 0) is 4.79 Å². The topological polar surface area (TPSA) is 70.0 Å². The molecule has 0 atom stereocenters. The first-order chi connectivity index (χ1) is 10.6. The van der Waals surface area contributed by atoms with E-state index in [9.17, 15) is 9.90 Å². The molecule has 0 bridgehead atoms. The third-order valence-corrected chi connectivity index (χ3v) is 4.37. The van der Waals surface area contributed by atoms with Crippen LogP contribution < -0.4 is 4.74 Å². The molecule has 0 aliphatic carbocycles. The third kappa shape index (κ3) is 3.79. The van der Waals surface area contributed by atoms with Crippen LogP contribution in [0.2, 0.25) is 0 Å². The molecule has 1 fully saturated rings. The number of thioether (sulfide) groups is 1. The Kier molecular flexibility index (Phi) is 5.82. The van der Waals surface area contributed by atoms with Crippen molar-refractivity contribution < 1.29 is 19.7 Å². The van der Waals surface area contributed by atoms with Crippen LogP contribution >= 0.6 is 24.0 Å². The Morgan fingerprint density at radius 3 is 2.91 bits per heavy atom. The van der Waals surface area contributed by atoms with Gasteiger partial charge in [-0.05, 0) is 37.1 Å². The molecule has 1 heterocycles. The zero-order valence-corrected chi connectivity index (χ0v) is 13.7. The number of hydrogen-bond acceptors (Lipinski definition) is 6. The number of aliphatic hydroxyl groups excluding tert-OH is 1. The number of phenols is 1. The summed E-state index contributed by atoms with van der Waals surface area (Å²) in [6, 6.07) is 4.92. The normalized spacial score (nSPS) is 16.6. The van der Waals surface area contributed by atoms with E-state index >= 15 is 0 Å². The number of phenolic OH excluding ortho intramolecular Hbond substituents is 1. The van der Waals surface area contributed by atoms with E-state index in [2.05, 4.69) is 0 Å². The molecule has 1 aromatic carbocycles. The summed E-state index contributed by atoms with van der Waals surface area (Å²) in [7, 11) is 0. The quantitative estimate of drug-likeness (QED) is 0.612. The highest BCUT2D eigenvalue weighted by atomic mass is 32.2. The number of aromatic hydroxyl groups is 1. The van der Waals surface area contributed by atoms with E-state index in [1.165, 1.54) is 22.7 Å². The lowest BCUT2D eigenvalue weighted by molar-refractivity contribution is -0.122. The van der Waals surface area contributed by atoms with Gasteiger partial charge in [0.2, 0.25) is 0 Å². The summed E-state index contributed by atoms with van der Waals surface area (Å²) in [5.74, 6) is 0.288. The summed E-state index contributed by atoms with van der Waals surface area (Å²) in [6.45, 7) is 2.71. The van der Waals surface area contributed by atoms with Crippen LogP contribution in [0, 0.1) is 0 Å². The predicted octanol–water partition coefficient (Wildman–Crippen LogP) is 2.37. The molecule has 118 valence electrons. The number of hydrogen-bond donors (Lipinski definition) is 2. The average molecular weight is 339 g/mol. The molecule has 7 heteroatoms. The minimum absolute atomic E-state index is 0.0196. The monoisotopic (exact) mass is 339 g/mol. The van der Waals surface area contributed by atoms with E-state index in [4.69, 9.17) is 22.1 Å². The fourth-order valence-electron chi connectivity index (χ4n) is 1.96. The van der Waals surface area contributed by atoms with Crippen LogP contribution in [-0.4, -0.2) is 45.1 Å². The molecule has 1 aliphatic heterocycles. The molecule has 2 rings (SSSR count). The van der Waals surface area contributed by atoms with E-state index in [0.29, 0.717) is 34.5 Å². The lowest BCUT2D eigenvalue weighted by Gasteiger charge is -2.12. The van der Waals surface area contributed by atoms with E-state index in [0.717, 1.165) is 5.56 Å². The van der Waals surface area contributed by atoms with Crippen molar-refractivity contribution in [1.29, 1.82) is 0 Å². The van der Waals surface area contributed by atoms with Crippen molar-refractivity contribution in [3.05, 3.63) is 28.7 Å². The van der Waals surface area contributed by atoms with Crippen molar-refractivity contribution in [3.8, 4) is 11.5 Å². The van der Waals surface area contributed by atoms with Gasteiger partial charge in [-0.2, -0.15) is 0 Å². The van der Waals surface area contributed by atoms with Crippen LogP contribution in [0.3, 0.4) is 0 Å². The summed E-state index contributed by atoms with van der Waals surface area (Å²) in [4.78, 5) is 14.3. The molecule has 1 saturated heterocycles. The smallest absolute Gasteiger partial charge is 0.266 e. The molecule has 1 amide bonds. The second kappa shape index (κ2) is 7.62. The van der Waals surface area contributed by atoms with Gasteiger partial charge in [-0.1, -0.05) is 30.0 Å². The summed E-state index contributed by atoms with van der Waals surface area (Å²) in [6.07, 6.45) is 2.22. The Balaban J connectivity index is 2.21. The van der Waals surface area contributed by atoms with Gasteiger partial charge in [0, 0.05) is 13.2 Å². The standard InChI is InChI=1S/C15H17NO4S2/c1-2-20-12-8-10(4-5-11(12)18)9-13-14(19)16(6-3-7-17)15(21)22-13/h4-5,8-9,17-18H,2-3,6-7H2,1H3/b13-9-. The Labute approximate surface area is 138 Å². The lowest BCUT2D eigenvalue weighted by atomic mass is 10.2. The summed E-state index contributed by atoms with van der Waals surface area (Å²) in [5.41, 5.74) is 0.754. The Morgan fingerprint density at radius 2 is 2.23 bits per heavy atom. The molecule has 0 saturated carbocycles. The van der Waals surface area contributed by atoms with Crippen LogP contribution in [0.15, 0.2) is 23.1 Å². The van der Waals surface area contributed by atoms with Crippen LogP contribution in [0.4, 0.5) is 0 Å². The minimum atomic E-state index is -0.158. The largest absolute Gasteiger partial charge is 0.504 e. The van der Waals surface area contributed by atoms with Gasteiger partial charge in [0.05, 0.1) is 11.5 Å². The number of benzene rings is 1. The maximum Gasteiger partial charge on any atom is 0.266 e. The molecule has 2 N–H and O–H groups in total. The fourth-order valence-corrected chi connectivity index (χ4v) is 3.27. The zero-order chi connectivity index (χ0) is 16.1. The molecular formula is C15H17NO4S2. The zero-order valence-electron chi connectivity index (χ0n) is 12.1. The predicted molar refractivity (Wildman–Crippen MR) is 90.9 cm³/mol. The molecule has 0 unspecified atom stereocenters. The summed E-state index contributed by atoms with van der Waals surface area (Å²) >= 11 is 6.43. The second-order valence-electron chi connectivity index (χ2n) is 4.57. The second-order valence-corrected chi connectivity index (χ2v) is 6.25. The highest BCUT2D eigenvalue weighted by molar-refractivity contribution is 8.26. The molecule has 1 aliphatic rings. The van der Waals surface area contributed by atoms with Gasteiger partial charge in [0.25, 0.3) is 5.91 Å². The lowest BCUT2D eigenvalue weighted by Crippen LogP contribution is -2.29. The van der Waals surface area contributed by atoms with Gasteiger partial charge in [-0.25, -0.2) is 0 Å². The molecule has 0 aromatic heterocycles. The minimum Gasteiger partial charge on any atom is -0.504 e. The van der Waals surface area contributed by atoms with Crippen LogP contribution in [0.1, 0.15) is 18.9 Å². The first-order valence-corrected chi connectivity index (χ1v) is 8.11. The van der Waals surface area contributed by atoms with E-state index in [1.807, 2.05) is 6.92 Å². The summed E-state index contributed by atoms with van der Waals surface area (Å²) in [5, 5.41) is 18.6. The number of aliphatic hydroxyl groups is 1. The first-order valence-electron chi connectivity index (χ1n) is 6.89. The van der Waals surface area contributed by atoms with Gasteiger partial charge < -0.3 is 14.9 Å². The van der Waals surface area contributed by atoms with Crippen LogP contribution in [0.5, 0.6) is 11.5 Å². The average Bonchev–Trinajstić information content (AvgIpc) is 2.75. The number of amides is 1. The van der Waals surface area contributed by atoms with Crippen molar-refractivity contribution >= 4 is 40.3 Å². The molecule has 0 radical (unpaired) electrons. The number of thiocarbonyl (C=S) groups is 1. The van der Waals surface area contributed by atoms with E-state index in [1.54, 1.807) is 18.2 Å². The van der Waals surface area contributed by atoms with Gasteiger partial charge in [-0.3, -0.25) is 9.69 Å². The first kappa shape index (κ1) is 16.8. The number of ether oxygens (including phenoxy) is 1. The number of rotatable bonds is 6. The van der Waals surface area contributed by atoms with Gasteiger partial charge in [0.15, 0.2) is 11.5 Å². The van der Waals surface area contributed by atoms with Gasteiger partial charge in [-0.15, -0.1) is 0 Å². The van der Waals surface area contributed by atoms with E-state index in [-0.39, 0.29) is 18.3 Å². The van der Waals surface area contributed by atoms with E-state index < -0.39 is 0 Å². The van der Waals surface area contributed by atoms with Crippen molar-refractivity contribution in [2.75, 3.05) is 19.8 Å². The molecule has 1 aromatic rings. The van der Waals surface area contributed by atoms with Crippen molar-refractivity contribution in [2.24, 2.45) is 0 Å². The van der Waals surface area contributed by atoms with Gasteiger partial charge >= 0.3 is 0 Å². The molecule has 5 nitrogen and oxygen atoms in total. The highest BCUT2D eigenvalue weighted by Gasteiger charge is 2.31. The Morgan fingerprint density at radius 1 is 1.45 bits per heavy atom. The van der Waals surface area contributed by atoms with Crippen molar-refractivity contribution in [2.45, 2.75) is 13.3 Å². The fraction of sp³-hybridized carbons (Fsp3) is 0.333. The highest BCUT2D eigenvalue weighted by Crippen LogP contribution is 2.34. The number of nitrogens with zero attached hydrogens (tertiary/aromatic N) is 1. The third-order valence-electron chi connectivity index (χ3n) is 2.99. The SMILES string of the molecule is CCOc1cc(/C=C2\SC(=S)N(CCCO)C2=O)ccc1O.